The number of para-hydroxylation sites is 6. The molecule has 7 aromatic rings. The average molecular weight is 869 g/mol. The minimum atomic E-state index is -1.97. The summed E-state index contributed by atoms with van der Waals surface area (Å²) in [6.45, 7) is 6.78. The number of hydrogen-bond acceptors (Lipinski definition) is 1. The van der Waals surface area contributed by atoms with Crippen molar-refractivity contribution in [3.8, 4) is 11.4 Å². The Morgan fingerprint density at radius 3 is 2.08 bits per heavy atom. The van der Waals surface area contributed by atoms with Gasteiger partial charge in [0.1, 0.15) is 0 Å². The maximum atomic E-state index is 3.56. The van der Waals surface area contributed by atoms with E-state index in [9.17, 15) is 0 Å². The van der Waals surface area contributed by atoms with E-state index in [2.05, 4.69) is 162 Å². The smallest absolute Gasteiger partial charge is 0.315 e. The molecule has 0 fully saturated rings. The first-order valence-corrected chi connectivity index (χ1v) is 21.1. The number of imidazole rings is 1. The third-order valence-corrected chi connectivity index (χ3v) is 15.5. The Morgan fingerprint density at radius 1 is 0.646 bits per heavy atom. The summed E-state index contributed by atoms with van der Waals surface area (Å²) in [5.41, 5.74) is 12.1. The maximum absolute atomic E-state index is 3.56. The predicted octanol–water partition coefficient (Wildman–Crippen LogP) is 8.35. The molecule has 0 atom stereocenters. The van der Waals surface area contributed by atoms with Crippen LogP contribution in [0.2, 0.25) is 11.6 Å². The number of hydrogen-bond donors (Lipinski definition) is 0. The Hall–Kier alpha value is -4.20. The molecule has 5 heteroatoms. The van der Waals surface area contributed by atoms with Gasteiger partial charge in [0.2, 0.25) is 0 Å². The summed E-state index contributed by atoms with van der Waals surface area (Å²) in [5, 5.41) is 0. The van der Waals surface area contributed by atoms with Crippen LogP contribution >= 0.6 is 0 Å². The topological polar surface area (TPSA) is 12.1 Å². The second-order valence-corrected chi connectivity index (χ2v) is 20.5. The molecule has 0 bridgehead atoms. The van der Waals surface area contributed by atoms with Gasteiger partial charge in [-0.15, -0.1) is 0 Å². The summed E-state index contributed by atoms with van der Waals surface area (Å²) < 4.78 is 7.16. The molecule has 0 aliphatic carbocycles. The summed E-state index contributed by atoms with van der Waals surface area (Å²) in [6.07, 6.45) is 3.44. The molecule has 3 heterocycles. The van der Waals surface area contributed by atoms with E-state index in [-0.39, 0.29) is 26.5 Å². The molecule has 0 saturated carbocycles. The third-order valence-electron chi connectivity index (χ3n) is 9.54. The number of rotatable bonds is 2. The Morgan fingerprint density at radius 2 is 1.31 bits per heavy atom. The third kappa shape index (κ3) is 5.10. The van der Waals surface area contributed by atoms with Crippen LogP contribution < -0.4 is 18.4 Å². The van der Waals surface area contributed by atoms with Crippen LogP contribution in [0.4, 0.5) is 17.1 Å². The van der Waals surface area contributed by atoms with Crippen molar-refractivity contribution in [2.45, 2.75) is 37.8 Å². The first kappa shape index (κ1) is 32.4. The number of aromatic nitrogens is 2. The standard InChI is InChI=1S/C23H21NSe.C20H15N2.Pt/c1-23(2)16-10-5-6-12-18(16)24-19-13-7-8-14-20(19)25(3,4)21-15-9-11-17(23)22(21)24;1-16-11-13-18(14-12-16)22-15-21(17-7-3-2-4-8-17)19-9-5-6-10-20(19)22;/h5-11,14-15H,1-4H3;2-7,9-14H,1H3;/q-2;-1;+4. The molecule has 238 valence electrons. The van der Waals surface area contributed by atoms with Crippen LogP contribution in [-0.4, -0.2) is 17.4 Å². The van der Waals surface area contributed by atoms with Gasteiger partial charge in [0.05, 0.1) is 16.7 Å². The maximum Gasteiger partial charge on any atom is 4.00 e. The van der Waals surface area contributed by atoms with E-state index in [4.69, 9.17) is 0 Å². The zero-order chi connectivity index (χ0) is 32.3. The zero-order valence-electron chi connectivity index (χ0n) is 27.7. The minimum absolute atomic E-state index is 0. The van der Waals surface area contributed by atoms with Crippen LogP contribution in [0.15, 0.2) is 127 Å². The molecule has 2 aliphatic rings. The summed E-state index contributed by atoms with van der Waals surface area (Å²) >= 11 is -1.97. The van der Waals surface area contributed by atoms with Gasteiger partial charge in [-0.25, -0.2) is 0 Å². The molecule has 0 amide bonds. The molecule has 6 aromatic carbocycles. The molecule has 9 rings (SSSR count). The summed E-state index contributed by atoms with van der Waals surface area (Å²) in [4.78, 5) is 2.42. The Bertz CT molecular complexity index is 2190. The van der Waals surface area contributed by atoms with Crippen molar-refractivity contribution in [1.82, 2.24) is 4.57 Å². The summed E-state index contributed by atoms with van der Waals surface area (Å²) in [7, 11) is 0. The van der Waals surface area contributed by atoms with Gasteiger partial charge in [-0.3, -0.25) is 4.57 Å². The first-order chi connectivity index (χ1) is 22.8. The van der Waals surface area contributed by atoms with E-state index in [0.29, 0.717) is 0 Å². The fraction of sp³-hybridized carbons (Fsp3) is 0.140. The molecule has 0 unspecified atom stereocenters. The molecule has 0 N–H and O–H groups in total. The number of aryl methyl sites for hydroxylation is 1. The van der Waals surface area contributed by atoms with Crippen molar-refractivity contribution in [3.05, 3.63) is 169 Å². The fourth-order valence-electron chi connectivity index (χ4n) is 7.03. The van der Waals surface area contributed by atoms with Gasteiger partial charge >= 0.3 is 174 Å². The van der Waals surface area contributed by atoms with E-state index < -0.39 is 12.8 Å². The van der Waals surface area contributed by atoms with Crippen LogP contribution in [0.5, 0.6) is 0 Å². The molecule has 0 saturated heterocycles. The van der Waals surface area contributed by atoms with E-state index in [1.54, 1.807) is 0 Å². The normalized spacial score (nSPS) is 15.1. The second kappa shape index (κ2) is 12.4. The Kier molecular flexibility index (Phi) is 8.33. The van der Waals surface area contributed by atoms with Gasteiger partial charge in [0, 0.05) is 0 Å². The van der Waals surface area contributed by atoms with Crippen LogP contribution in [-0.2, 0) is 26.5 Å². The largest absolute Gasteiger partial charge is 4.00 e. The van der Waals surface area contributed by atoms with Gasteiger partial charge < -0.3 is 4.57 Å². The van der Waals surface area contributed by atoms with Crippen molar-refractivity contribution in [1.29, 1.82) is 0 Å². The van der Waals surface area contributed by atoms with Crippen molar-refractivity contribution in [2.75, 3.05) is 4.90 Å². The van der Waals surface area contributed by atoms with Gasteiger partial charge in [0.25, 0.3) is 6.33 Å². The zero-order valence-corrected chi connectivity index (χ0v) is 31.7. The van der Waals surface area contributed by atoms with Crippen molar-refractivity contribution in [3.63, 3.8) is 0 Å². The average Bonchev–Trinajstić information content (AvgIpc) is 3.49. The molecular formula is C43H36N3PtSe+. The van der Waals surface area contributed by atoms with Crippen LogP contribution in [0.3, 0.4) is 0 Å². The van der Waals surface area contributed by atoms with Crippen molar-refractivity contribution < 1.29 is 25.6 Å². The monoisotopic (exact) mass is 869 g/mol. The number of anilines is 3. The van der Waals surface area contributed by atoms with Crippen LogP contribution in [0.1, 0.15) is 30.5 Å². The Balaban J connectivity index is 0.000000150. The summed E-state index contributed by atoms with van der Waals surface area (Å²) in [6, 6.07) is 54.9. The van der Waals surface area contributed by atoms with Crippen molar-refractivity contribution in [2.24, 2.45) is 0 Å². The number of fused-ring (bicyclic) bond motifs is 5. The fourth-order valence-corrected chi connectivity index (χ4v) is 12.1. The van der Waals surface area contributed by atoms with E-state index in [1.807, 2.05) is 36.4 Å². The van der Waals surface area contributed by atoms with Gasteiger partial charge in [-0.05, 0) is 24.7 Å². The summed E-state index contributed by atoms with van der Waals surface area (Å²) in [5.74, 6) is 4.96. The second-order valence-electron chi connectivity index (χ2n) is 13.1. The van der Waals surface area contributed by atoms with Gasteiger partial charge in [-0.1, -0.05) is 42.0 Å². The van der Waals surface area contributed by atoms with Gasteiger partial charge in [0.15, 0.2) is 0 Å². The molecule has 3 nitrogen and oxygen atoms in total. The van der Waals surface area contributed by atoms with Crippen molar-refractivity contribution >= 4 is 49.9 Å². The first-order valence-electron chi connectivity index (χ1n) is 15.9. The van der Waals surface area contributed by atoms with Crippen LogP contribution in [0, 0.1) is 31.5 Å². The van der Waals surface area contributed by atoms with Crippen LogP contribution in [0.25, 0.3) is 22.4 Å². The molecule has 48 heavy (non-hydrogen) atoms. The number of benzene rings is 6. The van der Waals surface area contributed by atoms with Gasteiger partial charge in [-0.2, -0.15) is 30.3 Å². The minimum Gasteiger partial charge on any atom is -0.315 e. The van der Waals surface area contributed by atoms with E-state index in [0.717, 1.165) is 22.4 Å². The van der Waals surface area contributed by atoms with E-state index in [1.165, 1.54) is 42.7 Å². The Labute approximate surface area is 301 Å². The molecule has 0 radical (unpaired) electrons. The molecular weight excluding hydrogens is 833 g/mol. The predicted molar refractivity (Wildman–Crippen MR) is 195 cm³/mol. The quantitative estimate of drug-likeness (QED) is 0.0968. The SMILES string of the molecule is CC1(C)c2ccc[c-]c2N2c3[c-]cccc3[Se](C)(C)c3cccc1c32.Cc1ccc(-[n+]2[c-]n(-c3[c-]cccc3)c3ccccc32)cc1.[Pt+4]. The molecule has 1 aromatic heterocycles. The molecule has 2 aliphatic heterocycles. The number of nitrogens with zero attached hydrogens (tertiary/aromatic N) is 3. The molecule has 0 spiro atoms. The van der Waals surface area contributed by atoms with E-state index >= 15 is 0 Å².